The lowest BCUT2D eigenvalue weighted by Crippen LogP contribution is -2.92. The molecule has 0 aliphatic rings. The van der Waals surface area contributed by atoms with E-state index in [2.05, 4.69) is 17.4 Å². The van der Waals surface area contributed by atoms with Crippen molar-refractivity contribution in [1.82, 2.24) is 5.32 Å². The molecule has 0 unspecified atom stereocenters. The van der Waals surface area contributed by atoms with Crippen LogP contribution in [-0.4, -0.2) is 18.0 Å². The van der Waals surface area contributed by atoms with Gasteiger partial charge in [0, 0.05) is 11.6 Å². The minimum absolute atomic E-state index is 0.0193. The highest BCUT2D eigenvalue weighted by Crippen LogP contribution is 2.18. The molecule has 112 valence electrons. The number of nitrogens with two attached hydrogens (primary N) is 1. The minimum Gasteiger partial charge on any atom is -0.463 e. The summed E-state index contributed by atoms with van der Waals surface area (Å²) in [6.45, 7) is 5.84. The van der Waals surface area contributed by atoms with E-state index in [1.165, 1.54) is 0 Å². The Morgan fingerprint density at radius 2 is 1.81 bits per heavy atom. The fourth-order valence-electron chi connectivity index (χ4n) is 2.29. The predicted molar refractivity (Wildman–Crippen MR) is 81.7 cm³/mol. The first-order valence-corrected chi connectivity index (χ1v) is 7.31. The van der Waals surface area contributed by atoms with Crippen molar-refractivity contribution in [2.45, 2.75) is 38.9 Å². The van der Waals surface area contributed by atoms with E-state index in [9.17, 15) is 4.79 Å². The van der Waals surface area contributed by atoms with E-state index >= 15 is 0 Å². The number of carbonyl (C=O) groups excluding carboxylic acids is 1. The topological polar surface area (TPSA) is 58.9 Å². The van der Waals surface area contributed by atoms with Gasteiger partial charge in [-0.3, -0.25) is 4.79 Å². The van der Waals surface area contributed by atoms with Crippen molar-refractivity contribution in [1.29, 1.82) is 0 Å². The first-order chi connectivity index (χ1) is 10.1. The first-order valence-electron chi connectivity index (χ1n) is 7.31. The molecule has 4 nitrogen and oxygen atoms in total. The maximum absolute atomic E-state index is 12.1. The number of hydrogen-bond donors (Lipinski definition) is 2. The molecule has 1 heterocycles. The van der Waals surface area contributed by atoms with E-state index in [0.29, 0.717) is 0 Å². The van der Waals surface area contributed by atoms with Crippen LogP contribution in [0.25, 0.3) is 0 Å². The number of benzene rings is 1. The van der Waals surface area contributed by atoms with Gasteiger partial charge in [-0.1, -0.05) is 30.3 Å². The molecule has 2 rings (SSSR count). The third-order valence-electron chi connectivity index (χ3n) is 3.33. The van der Waals surface area contributed by atoms with E-state index in [1.54, 1.807) is 6.26 Å². The van der Waals surface area contributed by atoms with Crippen molar-refractivity contribution < 1.29 is 14.5 Å². The largest absolute Gasteiger partial charge is 0.463 e. The van der Waals surface area contributed by atoms with Gasteiger partial charge in [-0.2, -0.15) is 0 Å². The molecule has 4 heteroatoms. The molecule has 3 N–H and O–H groups in total. The number of quaternary nitrogens is 1. The molecule has 21 heavy (non-hydrogen) atoms. The molecule has 0 spiro atoms. The van der Waals surface area contributed by atoms with Crippen molar-refractivity contribution in [3.05, 3.63) is 60.1 Å². The van der Waals surface area contributed by atoms with Gasteiger partial charge in [0.1, 0.15) is 0 Å². The quantitative estimate of drug-likeness (QED) is 0.852. The molecule has 1 amide bonds. The summed E-state index contributed by atoms with van der Waals surface area (Å²) in [7, 11) is 0. The summed E-state index contributed by atoms with van der Waals surface area (Å²) in [5.41, 5.74) is 1.12. The highest BCUT2D eigenvalue weighted by atomic mass is 16.3. The monoisotopic (exact) mass is 287 g/mol. The van der Waals surface area contributed by atoms with Gasteiger partial charge in [0.05, 0.1) is 6.26 Å². The Kier molecular flexibility index (Phi) is 5.17. The summed E-state index contributed by atoms with van der Waals surface area (Å²) in [6, 6.07) is 13.8. The summed E-state index contributed by atoms with van der Waals surface area (Å²) < 4.78 is 5.55. The van der Waals surface area contributed by atoms with Crippen molar-refractivity contribution in [3.8, 4) is 0 Å². The number of carbonyl (C=O) groups is 1. The molecule has 0 radical (unpaired) electrons. The molecular formula is C17H23N2O2+. The lowest BCUT2D eigenvalue weighted by atomic mass is 10.0. The minimum atomic E-state index is -0.192. The van der Waals surface area contributed by atoms with Crippen LogP contribution in [0.3, 0.4) is 0 Å². The number of furan rings is 1. The van der Waals surface area contributed by atoms with Crippen LogP contribution in [0.4, 0.5) is 0 Å². The van der Waals surface area contributed by atoms with Crippen LogP contribution in [0, 0.1) is 0 Å². The predicted octanol–water partition coefficient (Wildman–Crippen LogP) is 1.85. The van der Waals surface area contributed by atoms with E-state index in [-0.39, 0.29) is 24.0 Å². The summed E-state index contributed by atoms with van der Waals surface area (Å²) >= 11 is 0. The summed E-state index contributed by atoms with van der Waals surface area (Å²) in [5, 5.41) is 4.98. The Labute approximate surface area is 125 Å². The third-order valence-corrected chi connectivity index (χ3v) is 3.33. The van der Waals surface area contributed by atoms with Gasteiger partial charge in [-0.25, -0.2) is 0 Å². The lowest BCUT2D eigenvalue weighted by molar-refractivity contribution is -0.706. The van der Waals surface area contributed by atoms with Crippen LogP contribution in [0.5, 0.6) is 0 Å². The molecule has 1 aromatic heterocycles. The summed E-state index contributed by atoms with van der Waals surface area (Å²) in [4.78, 5) is 12.1. The molecule has 2 aromatic rings. The fourth-order valence-corrected chi connectivity index (χ4v) is 2.29. The van der Waals surface area contributed by atoms with Gasteiger partial charge in [0.2, 0.25) is 0 Å². The average Bonchev–Trinajstić information content (AvgIpc) is 2.98. The Balaban J connectivity index is 2.16. The molecule has 0 aliphatic heterocycles. The number of nitrogens with one attached hydrogen (secondary N) is 1. The Morgan fingerprint density at radius 3 is 2.38 bits per heavy atom. The molecule has 0 bridgehead atoms. The zero-order chi connectivity index (χ0) is 15.2. The zero-order valence-electron chi connectivity index (χ0n) is 12.7. The van der Waals surface area contributed by atoms with Crippen LogP contribution in [0.1, 0.15) is 38.1 Å². The van der Waals surface area contributed by atoms with E-state index in [4.69, 9.17) is 4.42 Å². The van der Waals surface area contributed by atoms with Crippen molar-refractivity contribution in [3.63, 3.8) is 0 Å². The van der Waals surface area contributed by atoms with E-state index in [1.807, 2.05) is 56.4 Å². The Bertz CT molecular complexity index is 549. The van der Waals surface area contributed by atoms with Gasteiger partial charge in [-0.15, -0.1) is 0 Å². The molecule has 0 aliphatic carbocycles. The summed E-state index contributed by atoms with van der Waals surface area (Å²) in [6.07, 6.45) is 1.66. The molecule has 1 aromatic carbocycles. The highest BCUT2D eigenvalue weighted by Gasteiger charge is 2.26. The normalized spacial score (nSPS) is 13.9. The number of hydrogen-bond acceptors (Lipinski definition) is 2. The van der Waals surface area contributed by atoms with Crippen LogP contribution >= 0.6 is 0 Å². The van der Waals surface area contributed by atoms with Crippen LogP contribution in [0.15, 0.2) is 53.1 Å². The molecule has 0 saturated heterocycles. The SMILES string of the molecule is CC(C)NC(=O)[C@H](C)[NH2+][C@@H](c1ccccc1)c1ccco1. The zero-order valence-corrected chi connectivity index (χ0v) is 12.7. The standard InChI is InChI=1S/C17H22N2O2/c1-12(2)18-17(20)13(3)19-16(15-10-7-11-21-15)14-8-5-4-6-9-14/h4-13,16,19H,1-3H3,(H,18,20)/p+1/t13-,16-/m0/s1. The number of rotatable bonds is 6. The van der Waals surface area contributed by atoms with Gasteiger partial charge < -0.3 is 15.1 Å². The van der Waals surface area contributed by atoms with Crippen molar-refractivity contribution in [2.24, 2.45) is 0 Å². The molecule has 2 atom stereocenters. The fraction of sp³-hybridized carbons (Fsp3) is 0.353. The molecule has 0 fully saturated rings. The second kappa shape index (κ2) is 7.09. The second-order valence-corrected chi connectivity index (χ2v) is 5.55. The van der Waals surface area contributed by atoms with Gasteiger partial charge in [0.15, 0.2) is 17.8 Å². The molecule has 0 saturated carbocycles. The van der Waals surface area contributed by atoms with Crippen molar-refractivity contribution >= 4 is 5.91 Å². The molecular weight excluding hydrogens is 264 g/mol. The van der Waals surface area contributed by atoms with E-state index < -0.39 is 0 Å². The van der Waals surface area contributed by atoms with Gasteiger partial charge in [0.25, 0.3) is 5.91 Å². The Morgan fingerprint density at radius 1 is 1.10 bits per heavy atom. The highest BCUT2D eigenvalue weighted by molar-refractivity contribution is 5.80. The van der Waals surface area contributed by atoms with Crippen LogP contribution in [0.2, 0.25) is 0 Å². The van der Waals surface area contributed by atoms with Crippen molar-refractivity contribution in [2.75, 3.05) is 0 Å². The van der Waals surface area contributed by atoms with Crippen LogP contribution < -0.4 is 10.6 Å². The maximum Gasteiger partial charge on any atom is 0.278 e. The number of amides is 1. The second-order valence-electron chi connectivity index (χ2n) is 5.55. The van der Waals surface area contributed by atoms with Gasteiger partial charge >= 0.3 is 0 Å². The smallest absolute Gasteiger partial charge is 0.278 e. The first kappa shape index (κ1) is 15.3. The lowest BCUT2D eigenvalue weighted by Gasteiger charge is -2.19. The van der Waals surface area contributed by atoms with E-state index in [0.717, 1.165) is 11.3 Å². The van der Waals surface area contributed by atoms with Gasteiger partial charge in [-0.05, 0) is 32.9 Å². The van der Waals surface area contributed by atoms with Crippen LogP contribution in [-0.2, 0) is 4.79 Å². The third kappa shape index (κ3) is 4.20. The average molecular weight is 287 g/mol. The maximum atomic E-state index is 12.1. The summed E-state index contributed by atoms with van der Waals surface area (Å²) in [5.74, 6) is 0.892. The Hall–Kier alpha value is -2.07.